The monoisotopic (exact) mass is 336 g/mol. The van der Waals surface area contributed by atoms with Crippen LogP contribution in [0.3, 0.4) is 0 Å². The van der Waals surface area contributed by atoms with Gasteiger partial charge in [-0.1, -0.05) is 0 Å². The summed E-state index contributed by atoms with van der Waals surface area (Å²) in [6.45, 7) is 5.67. The first-order chi connectivity index (χ1) is 7.28. The van der Waals surface area contributed by atoms with Crippen LogP contribution in [0.4, 0.5) is 14.9 Å². The fourth-order valence-corrected chi connectivity index (χ4v) is 1.70. The Morgan fingerprint density at radius 1 is 1.38 bits per heavy atom. The molecule has 0 saturated carbocycles. The average molecular weight is 336 g/mol. The van der Waals surface area contributed by atoms with Gasteiger partial charge in [-0.2, -0.15) is 0 Å². The van der Waals surface area contributed by atoms with Crippen LogP contribution in [0.5, 0.6) is 0 Å². The Kier molecular flexibility index (Phi) is 4.12. The van der Waals surface area contributed by atoms with E-state index in [2.05, 4.69) is 10.6 Å². The summed E-state index contributed by atoms with van der Waals surface area (Å²) in [5, 5.41) is 5.43. The quantitative estimate of drug-likeness (QED) is 0.759. The van der Waals surface area contributed by atoms with Crippen molar-refractivity contribution in [2.24, 2.45) is 0 Å². The maximum Gasteiger partial charge on any atom is 0.319 e. The molecule has 0 saturated heterocycles. The highest BCUT2D eigenvalue weighted by molar-refractivity contribution is 14.1. The van der Waals surface area contributed by atoms with E-state index in [9.17, 15) is 9.18 Å². The van der Waals surface area contributed by atoms with E-state index in [1.165, 1.54) is 12.1 Å². The van der Waals surface area contributed by atoms with Gasteiger partial charge in [0, 0.05) is 9.11 Å². The van der Waals surface area contributed by atoms with Gasteiger partial charge in [-0.3, -0.25) is 0 Å². The number of benzene rings is 1. The van der Waals surface area contributed by atoms with E-state index in [-0.39, 0.29) is 17.4 Å². The Balaban J connectivity index is 2.70. The molecule has 2 amide bonds. The van der Waals surface area contributed by atoms with Crippen molar-refractivity contribution in [3.05, 3.63) is 27.6 Å². The van der Waals surface area contributed by atoms with E-state index in [0.29, 0.717) is 9.26 Å². The Labute approximate surface area is 108 Å². The second-order valence-corrected chi connectivity index (χ2v) is 5.62. The molecule has 1 aromatic carbocycles. The molecule has 88 valence electrons. The molecule has 0 aliphatic heterocycles. The molecule has 0 unspecified atom stereocenters. The van der Waals surface area contributed by atoms with Gasteiger partial charge in [-0.15, -0.1) is 0 Å². The molecule has 0 atom stereocenters. The van der Waals surface area contributed by atoms with Crippen LogP contribution in [0.15, 0.2) is 18.2 Å². The van der Waals surface area contributed by atoms with Gasteiger partial charge in [0.25, 0.3) is 0 Å². The van der Waals surface area contributed by atoms with Crippen LogP contribution in [0.25, 0.3) is 0 Å². The second-order valence-electron chi connectivity index (χ2n) is 4.45. The van der Waals surface area contributed by atoms with Crippen molar-refractivity contribution in [2.75, 3.05) is 5.32 Å². The van der Waals surface area contributed by atoms with Crippen molar-refractivity contribution in [3.8, 4) is 0 Å². The maximum absolute atomic E-state index is 12.8. The molecule has 0 heterocycles. The zero-order valence-electron chi connectivity index (χ0n) is 9.40. The first kappa shape index (κ1) is 13.2. The molecule has 1 aromatic rings. The lowest BCUT2D eigenvalue weighted by atomic mass is 10.1. The number of amides is 2. The summed E-state index contributed by atoms with van der Waals surface area (Å²) < 4.78 is 13.5. The molecule has 0 radical (unpaired) electrons. The molecule has 1 rings (SSSR count). The number of halogens is 2. The lowest BCUT2D eigenvalue weighted by Gasteiger charge is -2.21. The zero-order chi connectivity index (χ0) is 12.3. The smallest absolute Gasteiger partial charge is 0.319 e. The fraction of sp³-hybridized carbons (Fsp3) is 0.364. The largest absolute Gasteiger partial charge is 0.333 e. The van der Waals surface area contributed by atoms with Gasteiger partial charge in [0.2, 0.25) is 0 Å². The van der Waals surface area contributed by atoms with Crippen molar-refractivity contribution < 1.29 is 9.18 Å². The molecule has 0 aliphatic rings. The third-order valence-corrected chi connectivity index (χ3v) is 2.56. The van der Waals surface area contributed by atoms with Crippen LogP contribution in [0.2, 0.25) is 0 Å². The zero-order valence-corrected chi connectivity index (χ0v) is 11.6. The Morgan fingerprint density at radius 3 is 2.50 bits per heavy atom. The van der Waals surface area contributed by atoms with Gasteiger partial charge in [0.15, 0.2) is 0 Å². The molecule has 0 bridgehead atoms. The highest BCUT2D eigenvalue weighted by Crippen LogP contribution is 2.18. The Hall–Kier alpha value is -0.850. The van der Waals surface area contributed by atoms with Crippen molar-refractivity contribution in [2.45, 2.75) is 26.3 Å². The summed E-state index contributed by atoms with van der Waals surface area (Å²) in [4.78, 5) is 11.5. The van der Waals surface area contributed by atoms with Crippen LogP contribution in [-0.2, 0) is 0 Å². The topological polar surface area (TPSA) is 41.1 Å². The summed E-state index contributed by atoms with van der Waals surface area (Å²) in [7, 11) is 0. The standard InChI is InChI=1S/C11H14FIN2O/c1-11(2,3)15-10(16)14-9-5-4-7(12)6-8(9)13/h4-6H,1-3H3,(H2,14,15,16). The molecular weight excluding hydrogens is 322 g/mol. The molecule has 2 N–H and O–H groups in total. The van der Waals surface area contributed by atoms with Crippen LogP contribution >= 0.6 is 22.6 Å². The molecule has 5 heteroatoms. The predicted octanol–water partition coefficient (Wildman–Crippen LogP) is 3.35. The number of anilines is 1. The van der Waals surface area contributed by atoms with E-state index in [0.717, 1.165) is 0 Å². The summed E-state index contributed by atoms with van der Waals surface area (Å²) in [5.74, 6) is -0.314. The minimum Gasteiger partial charge on any atom is -0.333 e. The summed E-state index contributed by atoms with van der Waals surface area (Å²) in [6, 6.07) is 3.93. The van der Waals surface area contributed by atoms with E-state index in [4.69, 9.17) is 0 Å². The second kappa shape index (κ2) is 4.99. The Morgan fingerprint density at radius 2 is 2.00 bits per heavy atom. The maximum atomic E-state index is 12.8. The first-order valence-corrected chi connectivity index (χ1v) is 5.90. The normalized spacial score (nSPS) is 11.1. The van der Waals surface area contributed by atoms with Gasteiger partial charge < -0.3 is 10.6 Å². The van der Waals surface area contributed by atoms with E-state index >= 15 is 0 Å². The van der Waals surface area contributed by atoms with Crippen molar-refractivity contribution >= 4 is 34.3 Å². The number of hydrogen-bond donors (Lipinski definition) is 2. The molecule has 0 aromatic heterocycles. The minimum atomic E-state index is -0.314. The number of urea groups is 1. The molecule has 0 aliphatic carbocycles. The van der Waals surface area contributed by atoms with Crippen LogP contribution in [0.1, 0.15) is 20.8 Å². The number of carbonyl (C=O) groups is 1. The van der Waals surface area contributed by atoms with Crippen LogP contribution < -0.4 is 10.6 Å². The lowest BCUT2D eigenvalue weighted by molar-refractivity contribution is 0.244. The third kappa shape index (κ3) is 4.34. The number of nitrogens with one attached hydrogen (secondary N) is 2. The highest BCUT2D eigenvalue weighted by Gasteiger charge is 2.14. The van der Waals surface area contributed by atoms with Crippen molar-refractivity contribution in [1.29, 1.82) is 0 Å². The predicted molar refractivity (Wildman–Crippen MR) is 71.0 cm³/mol. The number of carbonyl (C=O) groups excluding carboxylic acids is 1. The molecule has 16 heavy (non-hydrogen) atoms. The number of rotatable bonds is 1. The SMILES string of the molecule is CC(C)(C)NC(=O)Nc1ccc(F)cc1I. The molecular formula is C11H14FIN2O. The van der Waals surface area contributed by atoms with Gasteiger partial charge in [0.05, 0.1) is 5.69 Å². The summed E-state index contributed by atoms with van der Waals surface area (Å²) in [6.07, 6.45) is 0. The average Bonchev–Trinajstić information content (AvgIpc) is 2.06. The van der Waals surface area contributed by atoms with Gasteiger partial charge in [0.1, 0.15) is 5.82 Å². The van der Waals surface area contributed by atoms with Crippen molar-refractivity contribution in [1.82, 2.24) is 5.32 Å². The van der Waals surface area contributed by atoms with Crippen LogP contribution in [-0.4, -0.2) is 11.6 Å². The minimum absolute atomic E-state index is 0.294. The van der Waals surface area contributed by atoms with E-state index < -0.39 is 0 Å². The fourth-order valence-electron chi connectivity index (χ4n) is 1.09. The molecule has 0 spiro atoms. The van der Waals surface area contributed by atoms with Gasteiger partial charge >= 0.3 is 6.03 Å². The van der Waals surface area contributed by atoms with E-state index in [1.807, 2.05) is 43.4 Å². The Bertz CT molecular complexity index is 401. The third-order valence-electron chi connectivity index (χ3n) is 1.67. The molecule has 3 nitrogen and oxygen atoms in total. The van der Waals surface area contributed by atoms with Crippen molar-refractivity contribution in [3.63, 3.8) is 0 Å². The molecule has 0 fully saturated rings. The summed E-state index contributed by atoms with van der Waals surface area (Å²) >= 11 is 1.97. The lowest BCUT2D eigenvalue weighted by Crippen LogP contribution is -2.43. The highest BCUT2D eigenvalue weighted by atomic mass is 127. The first-order valence-electron chi connectivity index (χ1n) is 4.82. The van der Waals surface area contributed by atoms with E-state index in [1.54, 1.807) is 6.07 Å². The number of hydrogen-bond acceptors (Lipinski definition) is 1. The van der Waals surface area contributed by atoms with Gasteiger partial charge in [-0.05, 0) is 61.6 Å². The van der Waals surface area contributed by atoms with Crippen LogP contribution in [0, 0.1) is 9.39 Å². The summed E-state index contributed by atoms with van der Waals surface area (Å²) in [5.41, 5.74) is 0.305. The van der Waals surface area contributed by atoms with Gasteiger partial charge in [-0.25, -0.2) is 9.18 Å².